The lowest BCUT2D eigenvalue weighted by molar-refractivity contribution is 0.00990. The molecule has 0 radical (unpaired) electrons. The average molecular weight is 564 g/mol. The number of anilines is 1. The van der Waals surface area contributed by atoms with Crippen molar-refractivity contribution in [2.24, 2.45) is 4.99 Å². The summed E-state index contributed by atoms with van der Waals surface area (Å²) in [4.78, 5) is 9.09. The molecule has 3 rings (SSSR count). The van der Waals surface area contributed by atoms with Crippen LogP contribution in [0.25, 0.3) is 0 Å². The fourth-order valence-corrected chi connectivity index (χ4v) is 3.99. The Kier molecular flexibility index (Phi) is 12.6. The molecule has 32 heavy (non-hydrogen) atoms. The van der Waals surface area contributed by atoms with Crippen molar-refractivity contribution in [2.75, 3.05) is 71.2 Å². The summed E-state index contributed by atoms with van der Waals surface area (Å²) < 4.78 is 31.1. The van der Waals surface area contributed by atoms with Crippen LogP contribution < -0.4 is 10.2 Å². The topological polar surface area (TPSA) is 58.6 Å². The molecule has 0 amide bonds. The third kappa shape index (κ3) is 8.31. The first-order chi connectivity index (χ1) is 15.2. The minimum absolute atomic E-state index is 0. The number of rotatable bonds is 9. The summed E-state index contributed by atoms with van der Waals surface area (Å²) in [5.74, 6) is 0.698. The van der Waals surface area contributed by atoms with Gasteiger partial charge in [-0.25, -0.2) is 9.38 Å². The molecule has 7 nitrogen and oxygen atoms in total. The molecule has 9 heteroatoms. The number of ether oxygens (including phenoxy) is 3. The number of nitrogens with zero attached hydrogens (tertiary/aromatic N) is 3. The number of nitrogens with one attached hydrogen (secondary N) is 1. The number of aliphatic imine (C=N–C) groups is 1. The third-order valence-electron chi connectivity index (χ3n) is 5.70. The van der Waals surface area contributed by atoms with E-state index in [0.29, 0.717) is 31.5 Å². The van der Waals surface area contributed by atoms with Gasteiger partial charge in [-0.05, 0) is 43.9 Å². The molecular formula is C23H38FIN4O3. The largest absolute Gasteiger partial charge is 0.385 e. The smallest absolute Gasteiger partial charge is 0.194 e. The molecule has 0 aromatic heterocycles. The molecule has 2 saturated heterocycles. The maximum absolute atomic E-state index is 14.7. The van der Waals surface area contributed by atoms with Crippen molar-refractivity contribution in [3.05, 3.63) is 29.6 Å². The SMILES string of the molecule is CCNC(=NCc1ccc(N2CCOCC2)c(F)c1)N1CCC(OCCCOC)CC1.I. The van der Waals surface area contributed by atoms with Crippen LogP contribution in [0, 0.1) is 5.82 Å². The molecule has 0 aliphatic carbocycles. The molecule has 2 aliphatic rings. The molecule has 2 aliphatic heterocycles. The first-order valence-electron chi connectivity index (χ1n) is 11.5. The van der Waals surface area contributed by atoms with Crippen molar-refractivity contribution in [1.82, 2.24) is 10.2 Å². The maximum atomic E-state index is 14.7. The van der Waals surface area contributed by atoms with Gasteiger partial charge in [-0.3, -0.25) is 0 Å². The molecule has 0 spiro atoms. The Morgan fingerprint density at radius 3 is 2.59 bits per heavy atom. The van der Waals surface area contributed by atoms with E-state index in [4.69, 9.17) is 19.2 Å². The summed E-state index contributed by atoms with van der Waals surface area (Å²) in [5, 5.41) is 3.38. The molecular weight excluding hydrogens is 526 g/mol. The van der Waals surface area contributed by atoms with E-state index in [9.17, 15) is 4.39 Å². The van der Waals surface area contributed by atoms with Crippen LogP contribution in [0.1, 0.15) is 31.7 Å². The summed E-state index contributed by atoms with van der Waals surface area (Å²) in [7, 11) is 1.72. The normalized spacial score (nSPS) is 17.9. The van der Waals surface area contributed by atoms with Crippen LogP contribution in [0.3, 0.4) is 0 Å². The number of benzene rings is 1. The van der Waals surface area contributed by atoms with Crippen LogP contribution in [-0.2, 0) is 20.8 Å². The summed E-state index contributed by atoms with van der Waals surface area (Å²) in [6.07, 6.45) is 3.21. The van der Waals surface area contributed by atoms with Crippen LogP contribution >= 0.6 is 24.0 Å². The Morgan fingerprint density at radius 2 is 1.94 bits per heavy atom. The zero-order chi connectivity index (χ0) is 21.9. The van der Waals surface area contributed by atoms with Gasteiger partial charge in [0.15, 0.2) is 5.96 Å². The summed E-state index contributed by atoms with van der Waals surface area (Å²) >= 11 is 0. The Labute approximate surface area is 208 Å². The summed E-state index contributed by atoms with van der Waals surface area (Å²) in [6, 6.07) is 5.45. The van der Waals surface area contributed by atoms with Gasteiger partial charge in [0.2, 0.25) is 0 Å². The van der Waals surface area contributed by atoms with E-state index in [1.807, 2.05) is 17.0 Å². The Bertz CT molecular complexity index is 696. The van der Waals surface area contributed by atoms with Crippen molar-refractivity contribution in [3.8, 4) is 0 Å². The fraction of sp³-hybridized carbons (Fsp3) is 0.696. The molecule has 1 aromatic carbocycles. The monoisotopic (exact) mass is 564 g/mol. The van der Waals surface area contributed by atoms with Crippen LogP contribution in [0.15, 0.2) is 23.2 Å². The third-order valence-corrected chi connectivity index (χ3v) is 5.70. The Balaban J connectivity index is 0.00000363. The minimum Gasteiger partial charge on any atom is -0.385 e. The number of guanidine groups is 1. The molecule has 1 aromatic rings. The first kappa shape index (κ1) is 27.1. The first-order valence-corrected chi connectivity index (χ1v) is 11.5. The molecule has 2 fully saturated rings. The highest BCUT2D eigenvalue weighted by atomic mass is 127. The van der Waals surface area contributed by atoms with Crippen LogP contribution in [0.2, 0.25) is 0 Å². The lowest BCUT2D eigenvalue weighted by Gasteiger charge is -2.34. The van der Waals surface area contributed by atoms with E-state index < -0.39 is 0 Å². The van der Waals surface area contributed by atoms with Crippen LogP contribution in [0.4, 0.5) is 10.1 Å². The van der Waals surface area contributed by atoms with Crippen molar-refractivity contribution in [3.63, 3.8) is 0 Å². The highest BCUT2D eigenvalue weighted by molar-refractivity contribution is 14.0. The van der Waals surface area contributed by atoms with Gasteiger partial charge in [-0.2, -0.15) is 0 Å². The Hall–Kier alpha value is -1.17. The Morgan fingerprint density at radius 1 is 1.19 bits per heavy atom. The van der Waals surface area contributed by atoms with E-state index in [1.165, 1.54) is 0 Å². The average Bonchev–Trinajstić information content (AvgIpc) is 2.81. The van der Waals surface area contributed by atoms with E-state index in [1.54, 1.807) is 13.2 Å². The fourth-order valence-electron chi connectivity index (χ4n) is 3.99. The van der Waals surface area contributed by atoms with Gasteiger partial charge in [0.25, 0.3) is 0 Å². The highest BCUT2D eigenvalue weighted by Gasteiger charge is 2.22. The molecule has 0 saturated carbocycles. The van der Waals surface area contributed by atoms with E-state index in [0.717, 1.165) is 76.7 Å². The quantitative estimate of drug-likeness (QED) is 0.215. The number of likely N-dealkylation sites (tertiary alicyclic amines) is 1. The minimum atomic E-state index is -0.189. The lowest BCUT2D eigenvalue weighted by Crippen LogP contribution is -2.47. The lowest BCUT2D eigenvalue weighted by atomic mass is 10.1. The molecule has 1 N–H and O–H groups in total. The van der Waals surface area contributed by atoms with Gasteiger partial charge in [0.05, 0.1) is 31.5 Å². The second-order valence-electron chi connectivity index (χ2n) is 7.96. The predicted octanol–water partition coefficient (Wildman–Crippen LogP) is 3.26. The van der Waals surface area contributed by atoms with Gasteiger partial charge in [-0.1, -0.05) is 6.07 Å². The second kappa shape index (κ2) is 14.9. The summed E-state index contributed by atoms with van der Waals surface area (Å²) in [5.41, 5.74) is 1.52. The number of halogens is 2. The highest BCUT2D eigenvalue weighted by Crippen LogP contribution is 2.22. The number of hydrogen-bond acceptors (Lipinski definition) is 5. The van der Waals surface area contributed by atoms with Crippen molar-refractivity contribution >= 4 is 35.6 Å². The van der Waals surface area contributed by atoms with Gasteiger partial charge in [0, 0.05) is 53.0 Å². The second-order valence-corrected chi connectivity index (χ2v) is 7.96. The summed E-state index contributed by atoms with van der Waals surface area (Å²) in [6.45, 7) is 9.37. The molecule has 2 heterocycles. The van der Waals surface area contributed by atoms with Crippen molar-refractivity contribution in [2.45, 2.75) is 38.8 Å². The standard InChI is InChI=1S/C23H37FN4O3.HI/c1-3-25-23(28-9-7-20(8-10-28)31-14-4-13-29-2)26-18-19-5-6-22(21(24)17-19)27-11-15-30-16-12-27;/h5-6,17,20H,3-4,7-16,18H2,1-2H3,(H,25,26);1H. The van der Waals surface area contributed by atoms with E-state index in [2.05, 4.69) is 17.1 Å². The number of hydrogen-bond donors (Lipinski definition) is 1. The number of piperidine rings is 1. The van der Waals surface area contributed by atoms with Gasteiger partial charge in [-0.15, -0.1) is 24.0 Å². The zero-order valence-corrected chi connectivity index (χ0v) is 21.7. The van der Waals surface area contributed by atoms with Gasteiger partial charge in [0.1, 0.15) is 5.82 Å². The molecule has 0 bridgehead atoms. The van der Waals surface area contributed by atoms with Crippen LogP contribution in [-0.4, -0.2) is 83.2 Å². The number of morpholine rings is 1. The zero-order valence-electron chi connectivity index (χ0n) is 19.4. The van der Waals surface area contributed by atoms with E-state index in [-0.39, 0.29) is 29.8 Å². The van der Waals surface area contributed by atoms with Crippen molar-refractivity contribution < 1.29 is 18.6 Å². The van der Waals surface area contributed by atoms with Crippen LogP contribution in [0.5, 0.6) is 0 Å². The number of methoxy groups -OCH3 is 1. The molecule has 0 atom stereocenters. The molecule has 182 valence electrons. The predicted molar refractivity (Wildman–Crippen MR) is 137 cm³/mol. The van der Waals surface area contributed by atoms with Gasteiger partial charge >= 0.3 is 0 Å². The molecule has 0 unspecified atom stereocenters. The van der Waals surface area contributed by atoms with Crippen molar-refractivity contribution in [1.29, 1.82) is 0 Å². The maximum Gasteiger partial charge on any atom is 0.194 e. The van der Waals surface area contributed by atoms with E-state index >= 15 is 0 Å². The van der Waals surface area contributed by atoms with Gasteiger partial charge < -0.3 is 29.3 Å².